The molecular weight excluding hydrogens is 416 g/mol. The van der Waals surface area contributed by atoms with E-state index in [-0.39, 0.29) is 18.2 Å². The van der Waals surface area contributed by atoms with E-state index < -0.39 is 0 Å². The lowest BCUT2D eigenvalue weighted by molar-refractivity contribution is -0.121. The quantitative estimate of drug-likeness (QED) is 0.340. The predicted octanol–water partition coefficient (Wildman–Crippen LogP) is 3.41. The van der Waals surface area contributed by atoms with Crippen LogP contribution in [0.25, 0.3) is 10.9 Å². The normalized spacial score (nSPS) is 11.4. The second-order valence-corrected chi connectivity index (χ2v) is 8.21. The first-order valence-corrected chi connectivity index (χ1v) is 11.1. The standard InChI is InChI=1S/C26H32N4O3/c1-29(2)15-12-28-26(32)8-5-13-30-14-11-21-17-22(9-10-24(21)30)25(31)19-27-18-20-6-4-7-23(16-20)33-3/h4,6-7,9-11,14,16-18H,5,8,12-13,15,19H2,1-3H3,(H,28,32). The van der Waals surface area contributed by atoms with Gasteiger partial charge in [0.15, 0.2) is 5.78 Å². The van der Waals surface area contributed by atoms with Crippen LogP contribution in [0.3, 0.4) is 0 Å². The summed E-state index contributed by atoms with van der Waals surface area (Å²) in [5.74, 6) is 0.805. The maximum atomic E-state index is 12.6. The van der Waals surface area contributed by atoms with E-state index >= 15 is 0 Å². The Morgan fingerprint density at radius 2 is 2.00 bits per heavy atom. The first-order chi connectivity index (χ1) is 16.0. The van der Waals surface area contributed by atoms with E-state index in [9.17, 15) is 9.59 Å². The van der Waals surface area contributed by atoms with Gasteiger partial charge in [0.05, 0.1) is 7.11 Å². The Morgan fingerprint density at radius 1 is 1.15 bits per heavy atom. The second-order valence-electron chi connectivity index (χ2n) is 8.21. The maximum Gasteiger partial charge on any atom is 0.220 e. The first kappa shape index (κ1) is 24.2. The van der Waals surface area contributed by atoms with Crippen LogP contribution in [0, 0.1) is 0 Å². The number of hydrogen-bond donors (Lipinski definition) is 1. The molecule has 0 bridgehead atoms. The number of benzene rings is 2. The van der Waals surface area contributed by atoms with Gasteiger partial charge < -0.3 is 19.5 Å². The number of likely N-dealkylation sites (N-methyl/N-ethyl adjacent to an activating group) is 1. The number of nitrogens with zero attached hydrogens (tertiary/aromatic N) is 3. The highest BCUT2D eigenvalue weighted by Gasteiger charge is 2.09. The highest BCUT2D eigenvalue weighted by molar-refractivity contribution is 6.01. The zero-order chi connectivity index (χ0) is 23.6. The molecule has 3 rings (SSSR count). The van der Waals surface area contributed by atoms with Crippen molar-refractivity contribution in [3.8, 4) is 5.75 Å². The van der Waals surface area contributed by atoms with E-state index in [1.807, 2.05) is 73.7 Å². The number of carbonyl (C=O) groups excluding carboxylic acids is 2. The van der Waals surface area contributed by atoms with E-state index in [2.05, 4.69) is 14.9 Å². The SMILES string of the molecule is COc1cccc(C=NCC(=O)c2ccc3c(ccn3CCCC(=O)NCCN(C)C)c2)c1. The van der Waals surface area contributed by atoms with Gasteiger partial charge in [0.1, 0.15) is 12.3 Å². The molecule has 0 aliphatic carbocycles. The summed E-state index contributed by atoms with van der Waals surface area (Å²) >= 11 is 0. The van der Waals surface area contributed by atoms with E-state index in [4.69, 9.17) is 4.74 Å². The number of hydrogen-bond acceptors (Lipinski definition) is 5. The number of methoxy groups -OCH3 is 1. The van der Waals surface area contributed by atoms with Crippen molar-refractivity contribution in [1.82, 2.24) is 14.8 Å². The fourth-order valence-corrected chi connectivity index (χ4v) is 3.53. The number of ether oxygens (including phenoxy) is 1. The van der Waals surface area contributed by atoms with Crippen molar-refractivity contribution in [2.24, 2.45) is 4.99 Å². The highest BCUT2D eigenvalue weighted by atomic mass is 16.5. The Balaban J connectivity index is 1.52. The minimum Gasteiger partial charge on any atom is -0.497 e. The van der Waals surface area contributed by atoms with Crippen molar-refractivity contribution in [1.29, 1.82) is 0 Å². The third-order valence-electron chi connectivity index (χ3n) is 5.35. The highest BCUT2D eigenvalue weighted by Crippen LogP contribution is 2.19. The molecule has 0 unspecified atom stereocenters. The summed E-state index contributed by atoms with van der Waals surface area (Å²) in [6.07, 6.45) is 4.95. The van der Waals surface area contributed by atoms with Gasteiger partial charge in [0.2, 0.25) is 5.91 Å². The summed E-state index contributed by atoms with van der Waals surface area (Å²) in [4.78, 5) is 30.9. The summed E-state index contributed by atoms with van der Waals surface area (Å²) < 4.78 is 7.32. The molecule has 0 atom stereocenters. The van der Waals surface area contributed by atoms with Gasteiger partial charge in [-0.05, 0) is 62.5 Å². The van der Waals surface area contributed by atoms with Crippen molar-refractivity contribution in [3.05, 3.63) is 65.9 Å². The number of rotatable bonds is 12. The van der Waals surface area contributed by atoms with E-state index in [0.717, 1.165) is 41.7 Å². The molecule has 2 aromatic carbocycles. The molecule has 0 saturated carbocycles. The Morgan fingerprint density at radius 3 is 2.79 bits per heavy atom. The number of fused-ring (bicyclic) bond motifs is 1. The molecule has 0 aliphatic heterocycles. The van der Waals surface area contributed by atoms with Crippen LogP contribution in [0.15, 0.2) is 59.7 Å². The largest absolute Gasteiger partial charge is 0.497 e. The van der Waals surface area contributed by atoms with Crippen LogP contribution < -0.4 is 10.1 Å². The summed E-state index contributed by atoms with van der Waals surface area (Å²) in [6.45, 7) is 2.34. The van der Waals surface area contributed by atoms with Gasteiger partial charge in [-0.2, -0.15) is 0 Å². The third-order valence-corrected chi connectivity index (χ3v) is 5.35. The van der Waals surface area contributed by atoms with E-state index in [1.165, 1.54) is 0 Å². The number of aliphatic imine (C=N–C) groups is 1. The Labute approximate surface area is 195 Å². The van der Waals surface area contributed by atoms with Crippen LogP contribution in [0.5, 0.6) is 5.75 Å². The van der Waals surface area contributed by atoms with Gasteiger partial charge in [0.25, 0.3) is 0 Å². The maximum absolute atomic E-state index is 12.6. The van der Waals surface area contributed by atoms with Gasteiger partial charge in [-0.3, -0.25) is 14.6 Å². The molecule has 174 valence electrons. The number of aromatic nitrogens is 1. The third kappa shape index (κ3) is 7.29. The van der Waals surface area contributed by atoms with E-state index in [0.29, 0.717) is 18.5 Å². The fraction of sp³-hybridized carbons (Fsp3) is 0.346. The smallest absolute Gasteiger partial charge is 0.220 e. The minimum atomic E-state index is -0.0295. The number of aryl methyl sites for hydroxylation is 1. The summed E-state index contributed by atoms with van der Waals surface area (Å²) in [6, 6.07) is 15.3. The van der Waals surface area contributed by atoms with Crippen LogP contribution in [-0.2, 0) is 11.3 Å². The van der Waals surface area contributed by atoms with Crippen molar-refractivity contribution in [2.45, 2.75) is 19.4 Å². The minimum absolute atomic E-state index is 0.0295. The first-order valence-electron chi connectivity index (χ1n) is 11.1. The second kappa shape index (κ2) is 12.0. The van der Waals surface area contributed by atoms with E-state index in [1.54, 1.807) is 13.3 Å². The van der Waals surface area contributed by atoms with Gasteiger partial charge in [-0.1, -0.05) is 12.1 Å². The van der Waals surface area contributed by atoms with Crippen LogP contribution in [0.2, 0.25) is 0 Å². The average molecular weight is 449 g/mol. The van der Waals surface area contributed by atoms with Gasteiger partial charge in [-0.15, -0.1) is 0 Å². The molecule has 0 radical (unpaired) electrons. The molecule has 0 spiro atoms. The van der Waals surface area contributed by atoms with Crippen LogP contribution >= 0.6 is 0 Å². The van der Waals surface area contributed by atoms with Crippen molar-refractivity contribution in [3.63, 3.8) is 0 Å². The molecule has 3 aromatic rings. The molecule has 1 N–H and O–H groups in total. The number of nitrogens with one attached hydrogen (secondary N) is 1. The lowest BCUT2D eigenvalue weighted by Gasteiger charge is -2.10. The molecule has 0 saturated heterocycles. The number of Topliss-reactive ketones (excluding diaryl/α,β-unsaturated/α-hetero) is 1. The average Bonchev–Trinajstić information content (AvgIpc) is 3.21. The van der Waals surface area contributed by atoms with Crippen LogP contribution in [0.1, 0.15) is 28.8 Å². The topological polar surface area (TPSA) is 75.9 Å². The predicted molar refractivity (Wildman–Crippen MR) is 133 cm³/mol. The summed E-state index contributed by atoms with van der Waals surface area (Å²) in [5.41, 5.74) is 2.59. The Kier molecular flexibility index (Phi) is 8.78. The van der Waals surface area contributed by atoms with Crippen molar-refractivity contribution >= 4 is 28.8 Å². The van der Waals surface area contributed by atoms with Crippen molar-refractivity contribution < 1.29 is 14.3 Å². The molecule has 1 aromatic heterocycles. The van der Waals surface area contributed by atoms with Crippen LogP contribution in [0.4, 0.5) is 0 Å². The molecule has 0 aliphatic rings. The van der Waals surface area contributed by atoms with Crippen LogP contribution in [-0.4, -0.2) is 68.2 Å². The molecule has 7 heteroatoms. The summed E-state index contributed by atoms with van der Waals surface area (Å²) in [7, 11) is 5.59. The van der Waals surface area contributed by atoms with Gasteiger partial charge >= 0.3 is 0 Å². The molecular formula is C26H32N4O3. The molecule has 33 heavy (non-hydrogen) atoms. The van der Waals surface area contributed by atoms with Gasteiger partial charge in [-0.25, -0.2) is 0 Å². The molecule has 0 fully saturated rings. The number of carbonyl (C=O) groups is 2. The zero-order valence-electron chi connectivity index (χ0n) is 19.6. The summed E-state index contributed by atoms with van der Waals surface area (Å²) in [5, 5.41) is 3.95. The monoisotopic (exact) mass is 448 g/mol. The molecule has 1 heterocycles. The lowest BCUT2D eigenvalue weighted by Crippen LogP contribution is -2.31. The number of amides is 1. The lowest BCUT2D eigenvalue weighted by atomic mass is 10.1. The fourth-order valence-electron chi connectivity index (χ4n) is 3.53. The van der Waals surface area contributed by atoms with Crippen molar-refractivity contribution in [2.75, 3.05) is 40.8 Å². The Hall–Kier alpha value is -3.45. The molecule has 7 nitrogen and oxygen atoms in total. The molecule has 1 amide bonds. The Bertz CT molecular complexity index is 1120. The zero-order valence-corrected chi connectivity index (χ0v) is 19.6. The number of ketones is 1. The van der Waals surface area contributed by atoms with Gasteiger partial charge in [0, 0.05) is 54.9 Å².